The average molecular weight is 460 g/mol. The van der Waals surface area contributed by atoms with Gasteiger partial charge in [-0.2, -0.15) is 0 Å². The maximum atomic E-state index is 12.9. The first-order chi connectivity index (χ1) is 16.2. The van der Waals surface area contributed by atoms with Gasteiger partial charge in [0.25, 0.3) is 0 Å². The Labute approximate surface area is 197 Å². The number of ether oxygens (including phenoxy) is 2. The van der Waals surface area contributed by atoms with Crippen LogP contribution in [0, 0.1) is 0 Å². The standard InChI is InChI=1S/C26H25N3O3S/c1-3-31-21-15-10-16-22(32-4-2)24(21)28-23(30)17-33-26-19-13-8-9-14-20(19)27-25(29-26)18-11-6-5-7-12-18/h5-16H,3-4,17H2,1-2H3,(H,28,30). The molecule has 3 aromatic carbocycles. The number of benzene rings is 3. The van der Waals surface area contributed by atoms with E-state index in [9.17, 15) is 4.79 Å². The fourth-order valence-corrected chi connectivity index (χ4v) is 4.19. The highest BCUT2D eigenvalue weighted by Gasteiger charge is 2.16. The predicted octanol–water partition coefficient (Wildman–Crippen LogP) is 5.83. The van der Waals surface area contributed by atoms with Crippen molar-refractivity contribution < 1.29 is 14.3 Å². The maximum Gasteiger partial charge on any atom is 0.234 e. The molecule has 0 saturated carbocycles. The highest BCUT2D eigenvalue weighted by atomic mass is 32.2. The molecule has 0 bridgehead atoms. The van der Waals surface area contributed by atoms with E-state index < -0.39 is 0 Å². The minimum absolute atomic E-state index is 0.169. The minimum atomic E-state index is -0.169. The number of carbonyl (C=O) groups is 1. The molecule has 33 heavy (non-hydrogen) atoms. The zero-order valence-electron chi connectivity index (χ0n) is 18.6. The largest absolute Gasteiger partial charge is 0.492 e. The van der Waals surface area contributed by atoms with E-state index in [2.05, 4.69) is 5.32 Å². The van der Waals surface area contributed by atoms with Crippen molar-refractivity contribution in [3.05, 3.63) is 72.8 Å². The lowest BCUT2D eigenvalue weighted by molar-refractivity contribution is -0.113. The van der Waals surface area contributed by atoms with E-state index in [1.807, 2.05) is 86.6 Å². The topological polar surface area (TPSA) is 73.3 Å². The zero-order valence-corrected chi connectivity index (χ0v) is 19.4. The first-order valence-electron chi connectivity index (χ1n) is 10.8. The van der Waals surface area contributed by atoms with Crippen LogP contribution < -0.4 is 14.8 Å². The van der Waals surface area contributed by atoms with Crippen LogP contribution in [-0.4, -0.2) is 34.8 Å². The SMILES string of the molecule is CCOc1cccc(OCC)c1NC(=O)CSc1nc(-c2ccccc2)nc2ccccc12. The molecule has 0 unspecified atom stereocenters. The van der Waals surface area contributed by atoms with Gasteiger partial charge in [0.15, 0.2) is 5.82 Å². The Bertz CT molecular complexity index is 1220. The second-order valence-electron chi connectivity index (χ2n) is 7.07. The number of fused-ring (bicyclic) bond motifs is 1. The van der Waals surface area contributed by atoms with Crippen molar-refractivity contribution in [2.75, 3.05) is 24.3 Å². The van der Waals surface area contributed by atoms with Gasteiger partial charge < -0.3 is 14.8 Å². The van der Waals surface area contributed by atoms with E-state index in [0.717, 1.165) is 21.5 Å². The van der Waals surface area contributed by atoms with Crippen LogP contribution in [0.1, 0.15) is 13.8 Å². The molecule has 0 fully saturated rings. The molecule has 0 aliphatic heterocycles. The summed E-state index contributed by atoms with van der Waals surface area (Å²) in [7, 11) is 0. The number of nitrogens with zero attached hydrogens (tertiary/aromatic N) is 2. The van der Waals surface area contributed by atoms with Gasteiger partial charge in [0.05, 0.1) is 24.5 Å². The smallest absolute Gasteiger partial charge is 0.234 e. The molecule has 1 amide bonds. The number of amides is 1. The van der Waals surface area contributed by atoms with Crippen LogP contribution in [0.4, 0.5) is 5.69 Å². The monoisotopic (exact) mass is 459 g/mol. The first kappa shape index (κ1) is 22.6. The average Bonchev–Trinajstić information content (AvgIpc) is 2.85. The van der Waals surface area contributed by atoms with Gasteiger partial charge >= 0.3 is 0 Å². The molecule has 4 rings (SSSR count). The van der Waals surface area contributed by atoms with Crippen LogP contribution in [0.3, 0.4) is 0 Å². The predicted molar refractivity (Wildman–Crippen MR) is 133 cm³/mol. The summed E-state index contributed by atoms with van der Waals surface area (Å²) in [6, 6.07) is 23.1. The second kappa shape index (κ2) is 10.8. The highest BCUT2D eigenvalue weighted by molar-refractivity contribution is 8.00. The Morgan fingerprint density at radius 3 is 2.21 bits per heavy atom. The van der Waals surface area contributed by atoms with Crippen LogP contribution in [0.15, 0.2) is 77.8 Å². The van der Waals surface area contributed by atoms with Crippen molar-refractivity contribution in [3.63, 3.8) is 0 Å². The van der Waals surface area contributed by atoms with Crippen LogP contribution in [0.25, 0.3) is 22.3 Å². The number of anilines is 1. The summed E-state index contributed by atoms with van der Waals surface area (Å²) in [6.07, 6.45) is 0. The van der Waals surface area contributed by atoms with Gasteiger partial charge in [-0.3, -0.25) is 4.79 Å². The maximum absolute atomic E-state index is 12.9. The van der Waals surface area contributed by atoms with Crippen LogP contribution in [-0.2, 0) is 4.79 Å². The number of hydrogen-bond acceptors (Lipinski definition) is 6. The third-order valence-corrected chi connectivity index (χ3v) is 5.78. The molecule has 0 radical (unpaired) electrons. The third kappa shape index (κ3) is 5.43. The lowest BCUT2D eigenvalue weighted by Crippen LogP contribution is -2.16. The summed E-state index contributed by atoms with van der Waals surface area (Å²) in [5.41, 5.74) is 2.32. The van der Waals surface area contributed by atoms with E-state index in [-0.39, 0.29) is 11.7 Å². The van der Waals surface area contributed by atoms with Gasteiger partial charge in [-0.05, 0) is 32.0 Å². The van der Waals surface area contributed by atoms with Gasteiger partial charge in [-0.15, -0.1) is 0 Å². The Morgan fingerprint density at radius 1 is 0.848 bits per heavy atom. The van der Waals surface area contributed by atoms with Gasteiger partial charge in [0, 0.05) is 10.9 Å². The Kier molecular flexibility index (Phi) is 7.42. The molecule has 7 heteroatoms. The third-order valence-electron chi connectivity index (χ3n) is 4.79. The van der Waals surface area contributed by atoms with E-state index >= 15 is 0 Å². The van der Waals surface area contributed by atoms with Crippen molar-refractivity contribution in [2.24, 2.45) is 0 Å². The summed E-state index contributed by atoms with van der Waals surface area (Å²) >= 11 is 1.38. The van der Waals surface area contributed by atoms with Crippen molar-refractivity contribution in [3.8, 4) is 22.9 Å². The first-order valence-corrected chi connectivity index (χ1v) is 11.8. The highest BCUT2D eigenvalue weighted by Crippen LogP contribution is 2.35. The lowest BCUT2D eigenvalue weighted by Gasteiger charge is -2.16. The molecule has 0 spiro atoms. The molecule has 4 aromatic rings. The van der Waals surface area contributed by atoms with Gasteiger partial charge in [-0.1, -0.05) is 66.4 Å². The molecular weight excluding hydrogens is 434 g/mol. The number of thioether (sulfide) groups is 1. The minimum Gasteiger partial charge on any atom is -0.492 e. The van der Waals surface area contributed by atoms with E-state index in [1.165, 1.54) is 11.8 Å². The Hall–Kier alpha value is -3.58. The quantitative estimate of drug-likeness (QED) is 0.251. The van der Waals surface area contributed by atoms with Crippen molar-refractivity contribution in [2.45, 2.75) is 18.9 Å². The van der Waals surface area contributed by atoms with Crippen LogP contribution >= 0.6 is 11.8 Å². The van der Waals surface area contributed by atoms with E-state index in [1.54, 1.807) is 0 Å². The van der Waals surface area contributed by atoms with E-state index in [0.29, 0.717) is 36.2 Å². The van der Waals surface area contributed by atoms with Crippen molar-refractivity contribution in [1.82, 2.24) is 9.97 Å². The molecule has 168 valence electrons. The number of carbonyl (C=O) groups excluding carboxylic acids is 1. The Morgan fingerprint density at radius 2 is 1.52 bits per heavy atom. The van der Waals surface area contributed by atoms with Crippen LogP contribution in [0.5, 0.6) is 11.5 Å². The number of para-hydroxylation sites is 2. The fraction of sp³-hybridized carbons (Fsp3) is 0.192. The Balaban J connectivity index is 1.57. The molecule has 0 aliphatic carbocycles. The number of nitrogens with one attached hydrogen (secondary N) is 1. The fourth-order valence-electron chi connectivity index (χ4n) is 3.37. The molecule has 0 aliphatic rings. The van der Waals surface area contributed by atoms with Gasteiger partial charge in [0.1, 0.15) is 22.2 Å². The summed E-state index contributed by atoms with van der Waals surface area (Å²) in [5.74, 6) is 1.82. The van der Waals surface area contributed by atoms with E-state index in [4.69, 9.17) is 19.4 Å². The number of rotatable bonds is 9. The number of aromatic nitrogens is 2. The lowest BCUT2D eigenvalue weighted by atomic mass is 10.2. The normalized spacial score (nSPS) is 10.7. The summed E-state index contributed by atoms with van der Waals surface area (Å²) in [6.45, 7) is 4.78. The molecule has 1 N–H and O–H groups in total. The molecule has 1 aromatic heterocycles. The zero-order chi connectivity index (χ0) is 23.0. The van der Waals surface area contributed by atoms with Crippen molar-refractivity contribution >= 4 is 34.3 Å². The molecule has 6 nitrogen and oxygen atoms in total. The molecular formula is C26H25N3O3S. The summed E-state index contributed by atoms with van der Waals surface area (Å²) < 4.78 is 11.4. The number of hydrogen-bond donors (Lipinski definition) is 1. The molecule has 1 heterocycles. The summed E-state index contributed by atoms with van der Waals surface area (Å²) in [5, 5.41) is 4.64. The second-order valence-corrected chi connectivity index (χ2v) is 8.03. The van der Waals surface area contributed by atoms with Gasteiger partial charge in [-0.25, -0.2) is 9.97 Å². The molecule has 0 atom stereocenters. The van der Waals surface area contributed by atoms with Crippen LogP contribution in [0.2, 0.25) is 0 Å². The molecule has 0 saturated heterocycles. The summed E-state index contributed by atoms with van der Waals surface area (Å²) in [4.78, 5) is 22.4. The van der Waals surface area contributed by atoms with Crippen molar-refractivity contribution in [1.29, 1.82) is 0 Å². The van der Waals surface area contributed by atoms with Gasteiger partial charge in [0.2, 0.25) is 5.91 Å².